The average Bonchev–Trinajstić information content (AvgIpc) is 2.94. The molecule has 0 aliphatic rings. The van der Waals surface area contributed by atoms with Crippen molar-refractivity contribution >= 4 is 0 Å². The molecule has 0 aliphatic heterocycles. The van der Waals surface area contributed by atoms with Crippen LogP contribution in [0.1, 0.15) is 29.6 Å². The lowest BCUT2D eigenvalue weighted by molar-refractivity contribution is 0.668. The fourth-order valence-corrected chi connectivity index (χ4v) is 2.41. The molecule has 2 aromatic rings. The fraction of sp³-hybridized carbons (Fsp3) is 0.500. The van der Waals surface area contributed by atoms with Crippen LogP contribution in [-0.2, 0) is 19.5 Å². The Balaban J connectivity index is 1.83. The van der Waals surface area contributed by atoms with Gasteiger partial charge in [0.05, 0.1) is 6.33 Å². The highest BCUT2D eigenvalue weighted by Crippen LogP contribution is 2.14. The number of hydrogen-bond donors (Lipinski definition) is 2. The first-order valence-electron chi connectivity index (χ1n) is 6.56. The molecule has 0 aliphatic carbocycles. The van der Waals surface area contributed by atoms with Crippen LogP contribution in [0, 0.1) is 13.8 Å². The number of imidazole rings is 1. The van der Waals surface area contributed by atoms with Crippen molar-refractivity contribution in [3.63, 3.8) is 0 Å². The fourth-order valence-electron chi connectivity index (χ4n) is 2.41. The van der Waals surface area contributed by atoms with Gasteiger partial charge >= 0.3 is 0 Å². The number of hydrogen-bond acceptors (Lipinski definition) is 2. The van der Waals surface area contributed by atoms with Crippen molar-refractivity contribution in [2.45, 2.75) is 40.3 Å². The molecule has 0 atom stereocenters. The summed E-state index contributed by atoms with van der Waals surface area (Å²) in [6, 6.07) is 2.28. The third kappa shape index (κ3) is 2.82. The van der Waals surface area contributed by atoms with Gasteiger partial charge in [0.2, 0.25) is 0 Å². The standard InChI is InChI=1S/C14H22N4/c1-4-18-11(2)7-13(12(18)3)8-15-6-5-14-9-16-10-17-14/h7,9-10,15H,4-6,8H2,1-3H3,(H,16,17). The molecule has 98 valence electrons. The third-order valence-corrected chi connectivity index (χ3v) is 3.44. The zero-order valence-electron chi connectivity index (χ0n) is 11.5. The minimum atomic E-state index is 0.938. The summed E-state index contributed by atoms with van der Waals surface area (Å²) >= 11 is 0. The molecule has 18 heavy (non-hydrogen) atoms. The van der Waals surface area contributed by atoms with Gasteiger partial charge in [0.1, 0.15) is 0 Å². The van der Waals surface area contributed by atoms with Crippen LogP contribution in [0.4, 0.5) is 0 Å². The molecule has 4 nitrogen and oxygen atoms in total. The van der Waals surface area contributed by atoms with Crippen LogP contribution >= 0.6 is 0 Å². The Labute approximate surface area is 108 Å². The van der Waals surface area contributed by atoms with Gasteiger partial charge < -0.3 is 14.9 Å². The van der Waals surface area contributed by atoms with E-state index >= 15 is 0 Å². The van der Waals surface area contributed by atoms with Crippen LogP contribution in [0.5, 0.6) is 0 Å². The van der Waals surface area contributed by atoms with Crippen LogP contribution in [0.2, 0.25) is 0 Å². The Hall–Kier alpha value is -1.55. The maximum Gasteiger partial charge on any atom is 0.0921 e. The van der Waals surface area contributed by atoms with Crippen molar-refractivity contribution in [3.8, 4) is 0 Å². The van der Waals surface area contributed by atoms with Gasteiger partial charge in [-0.05, 0) is 32.4 Å². The smallest absolute Gasteiger partial charge is 0.0921 e. The first kappa shape index (κ1) is 12.9. The number of nitrogens with one attached hydrogen (secondary N) is 2. The second-order valence-corrected chi connectivity index (χ2v) is 4.64. The summed E-state index contributed by atoms with van der Waals surface area (Å²) in [5, 5.41) is 3.48. The highest BCUT2D eigenvalue weighted by Gasteiger charge is 2.06. The summed E-state index contributed by atoms with van der Waals surface area (Å²) in [5.74, 6) is 0. The van der Waals surface area contributed by atoms with E-state index in [1.165, 1.54) is 22.6 Å². The normalized spacial score (nSPS) is 11.1. The number of H-pyrrole nitrogens is 1. The van der Waals surface area contributed by atoms with Crippen LogP contribution < -0.4 is 5.32 Å². The highest BCUT2D eigenvalue weighted by molar-refractivity contribution is 5.26. The summed E-state index contributed by atoms with van der Waals surface area (Å²) in [6.07, 6.45) is 4.60. The maximum absolute atomic E-state index is 4.01. The van der Waals surface area contributed by atoms with Gasteiger partial charge in [-0.3, -0.25) is 0 Å². The Bertz CT molecular complexity index is 482. The second-order valence-electron chi connectivity index (χ2n) is 4.64. The van der Waals surface area contributed by atoms with Gasteiger partial charge in [-0.25, -0.2) is 4.98 Å². The molecule has 2 aromatic heterocycles. The lowest BCUT2D eigenvalue weighted by atomic mass is 10.2. The van der Waals surface area contributed by atoms with E-state index in [-0.39, 0.29) is 0 Å². The summed E-state index contributed by atoms with van der Waals surface area (Å²) < 4.78 is 2.35. The van der Waals surface area contributed by atoms with Gasteiger partial charge in [-0.15, -0.1) is 0 Å². The first-order valence-corrected chi connectivity index (χ1v) is 6.56. The van der Waals surface area contributed by atoms with Crippen molar-refractivity contribution in [1.29, 1.82) is 0 Å². The molecular weight excluding hydrogens is 224 g/mol. The van der Waals surface area contributed by atoms with E-state index in [0.29, 0.717) is 0 Å². The van der Waals surface area contributed by atoms with Crippen molar-refractivity contribution in [3.05, 3.63) is 41.2 Å². The van der Waals surface area contributed by atoms with E-state index in [1.54, 1.807) is 6.33 Å². The van der Waals surface area contributed by atoms with Crippen molar-refractivity contribution in [2.75, 3.05) is 6.54 Å². The molecular formula is C14H22N4. The SMILES string of the molecule is CCn1c(C)cc(CNCCc2cnc[nH]2)c1C. The number of aromatic nitrogens is 3. The van der Waals surface area contributed by atoms with E-state index < -0.39 is 0 Å². The summed E-state index contributed by atoms with van der Waals surface area (Å²) in [5.41, 5.74) is 5.31. The van der Waals surface area contributed by atoms with E-state index in [4.69, 9.17) is 0 Å². The van der Waals surface area contributed by atoms with E-state index in [9.17, 15) is 0 Å². The third-order valence-electron chi connectivity index (χ3n) is 3.44. The molecule has 2 rings (SSSR count). The van der Waals surface area contributed by atoms with E-state index in [0.717, 1.165) is 26.1 Å². The predicted molar refractivity (Wildman–Crippen MR) is 73.6 cm³/mol. The Morgan fingerprint density at radius 1 is 1.39 bits per heavy atom. The molecule has 0 saturated heterocycles. The second kappa shape index (κ2) is 5.87. The minimum Gasteiger partial charge on any atom is -0.349 e. The number of nitrogens with zero attached hydrogens (tertiary/aromatic N) is 2. The highest BCUT2D eigenvalue weighted by atomic mass is 15.0. The molecule has 0 fully saturated rings. The molecule has 2 heterocycles. The van der Waals surface area contributed by atoms with Crippen molar-refractivity contribution in [1.82, 2.24) is 19.9 Å². The van der Waals surface area contributed by atoms with E-state index in [1.807, 2.05) is 6.20 Å². The molecule has 0 radical (unpaired) electrons. The van der Waals surface area contributed by atoms with Gasteiger partial charge in [-0.1, -0.05) is 0 Å². The van der Waals surface area contributed by atoms with Crippen LogP contribution in [0.25, 0.3) is 0 Å². The molecule has 0 aromatic carbocycles. The maximum atomic E-state index is 4.01. The van der Waals surface area contributed by atoms with E-state index in [2.05, 4.69) is 46.7 Å². The van der Waals surface area contributed by atoms with Gasteiger partial charge in [0.15, 0.2) is 0 Å². The zero-order chi connectivity index (χ0) is 13.0. The van der Waals surface area contributed by atoms with Gasteiger partial charge in [0, 0.05) is 49.3 Å². The predicted octanol–water partition coefficient (Wildman–Crippen LogP) is 2.18. The van der Waals surface area contributed by atoms with Crippen LogP contribution in [-0.4, -0.2) is 21.1 Å². The topological polar surface area (TPSA) is 45.6 Å². The lowest BCUT2D eigenvalue weighted by Crippen LogP contribution is -2.17. The molecule has 0 unspecified atom stereocenters. The molecule has 0 spiro atoms. The number of rotatable bonds is 6. The Morgan fingerprint density at radius 2 is 2.22 bits per heavy atom. The van der Waals surface area contributed by atoms with Crippen molar-refractivity contribution in [2.24, 2.45) is 0 Å². The summed E-state index contributed by atoms with van der Waals surface area (Å²) in [6.45, 7) is 9.51. The van der Waals surface area contributed by atoms with Crippen LogP contribution in [0.3, 0.4) is 0 Å². The summed E-state index contributed by atoms with van der Waals surface area (Å²) in [7, 11) is 0. The molecule has 2 N–H and O–H groups in total. The average molecular weight is 246 g/mol. The number of aromatic amines is 1. The Morgan fingerprint density at radius 3 is 2.83 bits per heavy atom. The van der Waals surface area contributed by atoms with Crippen LogP contribution in [0.15, 0.2) is 18.6 Å². The molecule has 0 amide bonds. The zero-order valence-corrected chi connectivity index (χ0v) is 11.5. The quantitative estimate of drug-likeness (QED) is 0.767. The first-order chi connectivity index (χ1) is 8.72. The molecule has 0 bridgehead atoms. The minimum absolute atomic E-state index is 0.938. The Kier molecular flexibility index (Phi) is 4.20. The largest absolute Gasteiger partial charge is 0.349 e. The monoisotopic (exact) mass is 246 g/mol. The molecule has 4 heteroatoms. The van der Waals surface area contributed by atoms with Gasteiger partial charge in [0.25, 0.3) is 0 Å². The van der Waals surface area contributed by atoms with Gasteiger partial charge in [-0.2, -0.15) is 0 Å². The van der Waals surface area contributed by atoms with Crippen molar-refractivity contribution < 1.29 is 0 Å². The molecule has 0 saturated carbocycles. The summed E-state index contributed by atoms with van der Waals surface area (Å²) in [4.78, 5) is 7.13. The lowest BCUT2D eigenvalue weighted by Gasteiger charge is -2.07. The number of aryl methyl sites for hydroxylation is 1.